The Bertz CT molecular complexity index is 505. The van der Waals surface area contributed by atoms with E-state index in [1.54, 1.807) is 11.9 Å². The van der Waals surface area contributed by atoms with Gasteiger partial charge < -0.3 is 4.79 Å². The van der Waals surface area contributed by atoms with E-state index in [-0.39, 0.29) is 16.6 Å². The molecule has 0 bridgehead atoms. The second-order valence-electron chi connectivity index (χ2n) is 7.15. The first-order valence-electron chi connectivity index (χ1n) is 7.93. The molecule has 0 spiro atoms. The van der Waals surface area contributed by atoms with Gasteiger partial charge in [0.25, 0.3) is 0 Å². The van der Waals surface area contributed by atoms with Crippen LogP contribution in [0.4, 0.5) is 0 Å². The molecular formula is C18H27Cl2NOS. The number of rotatable bonds is 8. The third kappa shape index (κ3) is 6.66. The van der Waals surface area contributed by atoms with Gasteiger partial charge in [-0.1, -0.05) is 62.8 Å². The van der Waals surface area contributed by atoms with Crippen molar-refractivity contribution in [3.63, 3.8) is 0 Å². The zero-order chi connectivity index (χ0) is 17.6. The Morgan fingerprint density at radius 1 is 1.26 bits per heavy atom. The zero-order valence-electron chi connectivity index (χ0n) is 14.6. The summed E-state index contributed by atoms with van der Waals surface area (Å²) in [6.07, 6.45) is 3.38. The molecule has 2 nitrogen and oxygen atoms in total. The first kappa shape index (κ1) is 20.8. The molecule has 1 rings (SSSR count). The van der Waals surface area contributed by atoms with Crippen LogP contribution in [0.1, 0.15) is 56.9 Å². The van der Waals surface area contributed by atoms with Crippen LogP contribution in [-0.4, -0.2) is 13.3 Å². The van der Waals surface area contributed by atoms with Gasteiger partial charge in [-0.2, -0.15) is 0 Å². The fraction of sp³-hybridized carbons (Fsp3) is 0.611. The van der Waals surface area contributed by atoms with Crippen molar-refractivity contribution in [3.8, 4) is 0 Å². The molecule has 0 aromatic heterocycles. The molecule has 2 unspecified atom stereocenters. The van der Waals surface area contributed by atoms with Crippen LogP contribution in [0.15, 0.2) is 12.1 Å². The Hall–Kier alpha value is -0.220. The fourth-order valence-corrected chi connectivity index (χ4v) is 4.00. The van der Waals surface area contributed by atoms with E-state index in [0.717, 1.165) is 40.3 Å². The van der Waals surface area contributed by atoms with E-state index in [9.17, 15) is 4.79 Å². The number of benzene rings is 1. The summed E-state index contributed by atoms with van der Waals surface area (Å²) in [6, 6.07) is 4.00. The monoisotopic (exact) mass is 375 g/mol. The zero-order valence-corrected chi connectivity index (χ0v) is 16.9. The molecule has 0 radical (unpaired) electrons. The lowest BCUT2D eigenvalue weighted by Gasteiger charge is -2.24. The van der Waals surface area contributed by atoms with E-state index in [2.05, 4.69) is 32.4 Å². The minimum atomic E-state index is 0.136. The summed E-state index contributed by atoms with van der Waals surface area (Å²) in [4.78, 5) is 10.8. The summed E-state index contributed by atoms with van der Waals surface area (Å²) in [5.74, 6) is 0.206. The maximum absolute atomic E-state index is 10.8. The van der Waals surface area contributed by atoms with Gasteiger partial charge in [0, 0.05) is 21.7 Å². The highest BCUT2D eigenvalue weighted by atomic mass is 35.5. The molecule has 1 aromatic carbocycles. The van der Waals surface area contributed by atoms with E-state index in [4.69, 9.17) is 23.2 Å². The maximum Gasteiger partial charge on any atom is 0.120 e. The van der Waals surface area contributed by atoms with Gasteiger partial charge in [0.2, 0.25) is 0 Å². The van der Waals surface area contributed by atoms with Crippen molar-refractivity contribution in [2.75, 3.05) is 7.05 Å². The summed E-state index contributed by atoms with van der Waals surface area (Å²) in [6.45, 7) is 8.70. The van der Waals surface area contributed by atoms with Gasteiger partial charge in [-0.15, -0.1) is 0 Å². The molecule has 0 saturated carbocycles. The SMILES string of the molecule is CNSC(c1cc(Cl)c(CCC(C)(C)C)c(Cl)c1)C(C)CC=O. The number of carbonyl (C=O) groups is 1. The average Bonchev–Trinajstić information content (AvgIpc) is 2.42. The topological polar surface area (TPSA) is 29.1 Å². The van der Waals surface area contributed by atoms with Gasteiger partial charge in [-0.25, -0.2) is 0 Å². The summed E-state index contributed by atoms with van der Waals surface area (Å²) in [5.41, 5.74) is 2.32. The lowest BCUT2D eigenvalue weighted by molar-refractivity contribution is -0.108. The van der Waals surface area contributed by atoms with E-state index in [1.165, 1.54) is 0 Å². The van der Waals surface area contributed by atoms with Crippen molar-refractivity contribution in [2.24, 2.45) is 11.3 Å². The molecule has 2 atom stereocenters. The molecule has 1 N–H and O–H groups in total. The van der Waals surface area contributed by atoms with Crippen LogP contribution < -0.4 is 4.72 Å². The van der Waals surface area contributed by atoms with Gasteiger partial charge in [-0.05, 0) is 54.5 Å². The minimum absolute atomic E-state index is 0.136. The number of nitrogens with one attached hydrogen (secondary N) is 1. The highest BCUT2D eigenvalue weighted by molar-refractivity contribution is 7.97. The van der Waals surface area contributed by atoms with Crippen LogP contribution in [0.3, 0.4) is 0 Å². The number of hydrogen-bond donors (Lipinski definition) is 1. The molecule has 0 aliphatic carbocycles. The summed E-state index contributed by atoms with van der Waals surface area (Å²) >= 11 is 14.6. The van der Waals surface area contributed by atoms with Gasteiger partial charge in [-0.3, -0.25) is 4.72 Å². The molecule has 0 fully saturated rings. The smallest absolute Gasteiger partial charge is 0.120 e. The largest absolute Gasteiger partial charge is 0.303 e. The summed E-state index contributed by atoms with van der Waals surface area (Å²) in [5, 5.41) is 1.57. The Morgan fingerprint density at radius 2 is 1.83 bits per heavy atom. The number of halogens is 2. The molecule has 130 valence electrons. The molecular weight excluding hydrogens is 349 g/mol. The fourth-order valence-electron chi connectivity index (χ4n) is 2.44. The van der Waals surface area contributed by atoms with E-state index >= 15 is 0 Å². The van der Waals surface area contributed by atoms with E-state index in [1.807, 2.05) is 19.2 Å². The van der Waals surface area contributed by atoms with Crippen LogP contribution >= 0.6 is 35.1 Å². The Kier molecular flexibility index (Phi) is 8.43. The molecule has 0 saturated heterocycles. The third-order valence-corrected chi connectivity index (χ3v) is 5.75. The van der Waals surface area contributed by atoms with Crippen molar-refractivity contribution >= 4 is 41.4 Å². The second-order valence-corrected chi connectivity index (χ2v) is 9.11. The Morgan fingerprint density at radius 3 is 2.26 bits per heavy atom. The highest BCUT2D eigenvalue weighted by Crippen LogP contribution is 2.40. The van der Waals surface area contributed by atoms with Crippen LogP contribution in [0.2, 0.25) is 10.0 Å². The van der Waals surface area contributed by atoms with Gasteiger partial charge in [0.05, 0.1) is 0 Å². The first-order chi connectivity index (χ1) is 10.7. The minimum Gasteiger partial charge on any atom is -0.303 e. The third-order valence-electron chi connectivity index (χ3n) is 3.85. The first-order valence-corrected chi connectivity index (χ1v) is 9.57. The van der Waals surface area contributed by atoms with Crippen LogP contribution in [0.5, 0.6) is 0 Å². The number of carbonyl (C=O) groups excluding carboxylic acids is 1. The second kappa shape index (κ2) is 9.31. The number of hydrogen-bond acceptors (Lipinski definition) is 3. The van der Waals surface area contributed by atoms with Crippen molar-refractivity contribution in [2.45, 2.75) is 52.2 Å². The molecule has 1 aromatic rings. The summed E-state index contributed by atoms with van der Waals surface area (Å²) < 4.78 is 3.12. The lowest BCUT2D eigenvalue weighted by Crippen LogP contribution is -2.12. The molecule has 5 heteroatoms. The van der Waals surface area contributed by atoms with E-state index < -0.39 is 0 Å². The van der Waals surface area contributed by atoms with E-state index in [0.29, 0.717) is 6.42 Å². The Balaban J connectivity index is 3.07. The highest BCUT2D eigenvalue weighted by Gasteiger charge is 2.22. The molecule has 0 aliphatic rings. The van der Waals surface area contributed by atoms with Gasteiger partial charge >= 0.3 is 0 Å². The van der Waals surface area contributed by atoms with Crippen LogP contribution in [-0.2, 0) is 11.2 Å². The standard InChI is InChI=1S/C18H27Cl2NOS/c1-12(7-9-22)17(23-21-5)13-10-15(19)14(16(20)11-13)6-8-18(2,3)4/h9-12,17,21H,6-8H2,1-5H3. The van der Waals surface area contributed by atoms with Gasteiger partial charge in [0.1, 0.15) is 6.29 Å². The predicted molar refractivity (Wildman–Crippen MR) is 103 cm³/mol. The van der Waals surface area contributed by atoms with Crippen LogP contribution in [0.25, 0.3) is 0 Å². The molecule has 23 heavy (non-hydrogen) atoms. The van der Waals surface area contributed by atoms with Crippen LogP contribution in [0, 0.1) is 11.3 Å². The molecule has 0 amide bonds. The normalized spacial score (nSPS) is 14.6. The molecule has 0 aliphatic heterocycles. The Labute approximate surface area is 154 Å². The van der Waals surface area contributed by atoms with Crippen molar-refractivity contribution < 1.29 is 4.79 Å². The predicted octanol–water partition coefficient (Wildman–Crippen LogP) is 6.11. The van der Waals surface area contributed by atoms with Gasteiger partial charge in [0.15, 0.2) is 0 Å². The number of aldehydes is 1. The maximum atomic E-state index is 10.8. The van der Waals surface area contributed by atoms with Crippen molar-refractivity contribution in [3.05, 3.63) is 33.3 Å². The molecule has 0 heterocycles. The van der Waals surface area contributed by atoms with Crippen molar-refractivity contribution in [1.29, 1.82) is 0 Å². The lowest BCUT2D eigenvalue weighted by atomic mass is 9.88. The average molecular weight is 376 g/mol. The van der Waals surface area contributed by atoms with Crippen molar-refractivity contribution in [1.82, 2.24) is 4.72 Å². The summed E-state index contributed by atoms with van der Waals surface area (Å²) in [7, 11) is 1.88. The quantitative estimate of drug-likeness (QED) is 0.439.